The summed E-state index contributed by atoms with van der Waals surface area (Å²) in [5.41, 5.74) is 7.04. The van der Waals surface area contributed by atoms with E-state index in [0.717, 1.165) is 53.3 Å². The summed E-state index contributed by atoms with van der Waals surface area (Å²) >= 11 is 0. The lowest BCUT2D eigenvalue weighted by atomic mass is 9.94. The third kappa shape index (κ3) is 4.84. The number of fused-ring (bicyclic) bond motifs is 1. The van der Waals surface area contributed by atoms with Crippen molar-refractivity contribution in [2.75, 3.05) is 31.5 Å². The zero-order chi connectivity index (χ0) is 25.2. The highest BCUT2D eigenvalue weighted by Gasteiger charge is 2.28. The predicted molar refractivity (Wildman–Crippen MR) is 141 cm³/mol. The molecule has 3 aromatic rings. The molecule has 0 atom stereocenters. The van der Waals surface area contributed by atoms with Gasteiger partial charge in [-0.3, -0.25) is 9.59 Å². The zero-order valence-corrected chi connectivity index (χ0v) is 20.7. The number of aryl methyl sites for hydroxylation is 1. The molecule has 6 nitrogen and oxygen atoms in total. The van der Waals surface area contributed by atoms with Gasteiger partial charge in [-0.15, -0.1) is 0 Å². The molecule has 5 rings (SSSR count). The Labute approximate surface area is 210 Å². The topological polar surface area (TPSA) is 77.2 Å². The van der Waals surface area contributed by atoms with Crippen LogP contribution in [0.25, 0.3) is 22.8 Å². The molecule has 7 heteroatoms. The molecule has 36 heavy (non-hydrogen) atoms. The fourth-order valence-corrected chi connectivity index (χ4v) is 5.24. The van der Waals surface area contributed by atoms with Gasteiger partial charge in [-0.2, -0.15) is 0 Å². The van der Waals surface area contributed by atoms with Gasteiger partial charge in [-0.1, -0.05) is 24.3 Å². The Morgan fingerprint density at radius 2 is 1.92 bits per heavy atom. The number of amides is 2. The van der Waals surface area contributed by atoms with E-state index in [1.54, 1.807) is 6.07 Å². The number of carbonyl (C=O) groups excluding carboxylic acids is 2. The minimum Gasteiger partial charge on any atom is -0.359 e. The molecule has 0 aliphatic carbocycles. The van der Waals surface area contributed by atoms with Gasteiger partial charge in [0.2, 0.25) is 5.91 Å². The minimum atomic E-state index is -0.327. The number of anilines is 1. The maximum atomic E-state index is 13.9. The second-order valence-electron chi connectivity index (χ2n) is 9.59. The Bertz CT molecular complexity index is 1350. The van der Waals surface area contributed by atoms with Crippen LogP contribution in [-0.4, -0.2) is 47.9 Å². The summed E-state index contributed by atoms with van der Waals surface area (Å²) in [6.07, 6.45) is 4.59. The van der Waals surface area contributed by atoms with Gasteiger partial charge in [0.1, 0.15) is 5.82 Å². The first-order chi connectivity index (χ1) is 17.4. The molecule has 3 N–H and O–H groups in total. The summed E-state index contributed by atoms with van der Waals surface area (Å²) in [6.45, 7) is 7.68. The summed E-state index contributed by atoms with van der Waals surface area (Å²) in [5.74, 6) is -0.537. The van der Waals surface area contributed by atoms with Gasteiger partial charge in [0.15, 0.2) is 0 Å². The lowest BCUT2D eigenvalue weighted by molar-refractivity contribution is -0.120. The Hall–Kier alpha value is -3.71. The highest BCUT2D eigenvalue weighted by molar-refractivity contribution is 6.36. The molecule has 2 aromatic carbocycles. The fourth-order valence-electron chi connectivity index (χ4n) is 5.24. The first-order valence-electron chi connectivity index (χ1n) is 12.5. The van der Waals surface area contributed by atoms with Crippen LogP contribution in [-0.2, 0) is 16.0 Å². The quantitative estimate of drug-likeness (QED) is 0.424. The smallest absolute Gasteiger partial charge is 0.256 e. The van der Waals surface area contributed by atoms with Crippen LogP contribution in [0, 0.1) is 19.7 Å². The van der Waals surface area contributed by atoms with Gasteiger partial charge >= 0.3 is 0 Å². The SMILES string of the molecule is Cc1[nH]c(C=C2C(=O)Nc3cccc(-c4cccc(F)c4)c32)c(C)c1CC(=O)NCCN1CCCC1. The van der Waals surface area contributed by atoms with Crippen LogP contribution >= 0.6 is 0 Å². The first-order valence-corrected chi connectivity index (χ1v) is 12.5. The van der Waals surface area contributed by atoms with Crippen LogP contribution in [0.4, 0.5) is 10.1 Å². The summed E-state index contributed by atoms with van der Waals surface area (Å²) < 4.78 is 13.9. The van der Waals surface area contributed by atoms with Crippen LogP contribution in [0.2, 0.25) is 0 Å². The van der Waals surface area contributed by atoms with Crippen molar-refractivity contribution in [1.29, 1.82) is 0 Å². The Balaban J connectivity index is 1.39. The van der Waals surface area contributed by atoms with Crippen LogP contribution in [0.1, 0.15) is 40.9 Å². The molecule has 186 valence electrons. The minimum absolute atomic E-state index is 0.00375. The molecule has 0 spiro atoms. The molecule has 0 saturated carbocycles. The molecule has 1 aromatic heterocycles. The Morgan fingerprint density at radius 3 is 2.69 bits per heavy atom. The van der Waals surface area contributed by atoms with Crippen molar-refractivity contribution < 1.29 is 14.0 Å². The normalized spacial score (nSPS) is 16.4. The number of aromatic amines is 1. The summed E-state index contributed by atoms with van der Waals surface area (Å²) in [5, 5.41) is 5.97. The van der Waals surface area contributed by atoms with Crippen molar-refractivity contribution in [3.8, 4) is 11.1 Å². The molecule has 3 heterocycles. The van der Waals surface area contributed by atoms with E-state index in [9.17, 15) is 14.0 Å². The van der Waals surface area contributed by atoms with E-state index < -0.39 is 0 Å². The molecule has 2 aliphatic heterocycles. The van der Waals surface area contributed by atoms with Crippen LogP contribution in [0.3, 0.4) is 0 Å². The van der Waals surface area contributed by atoms with Gasteiger partial charge in [0.05, 0.1) is 12.0 Å². The predicted octanol–water partition coefficient (Wildman–Crippen LogP) is 4.68. The number of halogens is 1. The maximum Gasteiger partial charge on any atom is 0.256 e. The van der Waals surface area contributed by atoms with E-state index in [2.05, 4.69) is 20.5 Å². The second kappa shape index (κ2) is 10.1. The third-order valence-electron chi connectivity index (χ3n) is 7.17. The molecular weight excluding hydrogens is 455 g/mol. The third-order valence-corrected chi connectivity index (χ3v) is 7.17. The van der Waals surface area contributed by atoms with E-state index in [-0.39, 0.29) is 24.1 Å². The van der Waals surface area contributed by atoms with Gasteiger partial charge in [0.25, 0.3) is 5.91 Å². The van der Waals surface area contributed by atoms with Crippen molar-refractivity contribution in [2.24, 2.45) is 0 Å². The average molecular weight is 487 g/mol. The molecular formula is C29H31FN4O2. The van der Waals surface area contributed by atoms with Gasteiger partial charge in [-0.05, 0) is 86.3 Å². The lowest BCUT2D eigenvalue weighted by Gasteiger charge is -2.14. The number of nitrogens with zero attached hydrogens (tertiary/aromatic N) is 1. The highest BCUT2D eigenvalue weighted by Crippen LogP contribution is 2.40. The number of hydrogen-bond acceptors (Lipinski definition) is 3. The number of aromatic nitrogens is 1. The number of likely N-dealkylation sites (tertiary alicyclic amines) is 1. The largest absolute Gasteiger partial charge is 0.359 e. The Morgan fingerprint density at radius 1 is 1.14 bits per heavy atom. The average Bonchev–Trinajstić information content (AvgIpc) is 3.55. The number of hydrogen-bond donors (Lipinski definition) is 3. The molecule has 2 amide bonds. The molecule has 0 bridgehead atoms. The van der Waals surface area contributed by atoms with E-state index in [4.69, 9.17) is 0 Å². The molecule has 2 aliphatic rings. The number of rotatable bonds is 7. The Kier molecular flexibility index (Phi) is 6.74. The standard InChI is InChI=1S/C29H31FN4O2/c1-18-23(17-27(35)31-11-14-34-12-3-4-13-34)19(2)32-26(18)16-24-28-22(20-7-5-8-21(30)15-20)9-6-10-25(28)33-29(24)36/h5-10,15-16,32H,3-4,11-14,17H2,1-2H3,(H,31,35)(H,33,36). The van der Waals surface area contributed by atoms with Gasteiger partial charge in [-0.25, -0.2) is 4.39 Å². The monoisotopic (exact) mass is 486 g/mol. The van der Waals surface area contributed by atoms with E-state index >= 15 is 0 Å². The van der Waals surface area contributed by atoms with E-state index in [1.165, 1.54) is 25.0 Å². The van der Waals surface area contributed by atoms with Crippen molar-refractivity contribution in [1.82, 2.24) is 15.2 Å². The second-order valence-corrected chi connectivity index (χ2v) is 9.59. The number of benzene rings is 2. The summed E-state index contributed by atoms with van der Waals surface area (Å²) in [7, 11) is 0. The van der Waals surface area contributed by atoms with E-state index in [0.29, 0.717) is 23.4 Å². The molecule has 1 fully saturated rings. The number of nitrogens with one attached hydrogen (secondary N) is 3. The van der Waals surface area contributed by atoms with Crippen molar-refractivity contribution in [3.63, 3.8) is 0 Å². The first kappa shape index (κ1) is 24.0. The molecule has 0 radical (unpaired) electrons. The van der Waals surface area contributed by atoms with Crippen molar-refractivity contribution in [2.45, 2.75) is 33.1 Å². The van der Waals surface area contributed by atoms with Gasteiger partial charge < -0.3 is 20.5 Å². The van der Waals surface area contributed by atoms with Gasteiger partial charge in [0, 0.05) is 35.7 Å². The van der Waals surface area contributed by atoms with Crippen LogP contribution in [0.5, 0.6) is 0 Å². The van der Waals surface area contributed by atoms with Crippen LogP contribution < -0.4 is 10.6 Å². The zero-order valence-electron chi connectivity index (χ0n) is 20.7. The number of H-pyrrole nitrogens is 1. The molecule has 1 saturated heterocycles. The van der Waals surface area contributed by atoms with Crippen molar-refractivity contribution >= 4 is 29.2 Å². The van der Waals surface area contributed by atoms with Crippen molar-refractivity contribution in [3.05, 3.63) is 76.4 Å². The molecule has 0 unspecified atom stereocenters. The summed E-state index contributed by atoms with van der Waals surface area (Å²) in [4.78, 5) is 31.3. The fraction of sp³-hybridized carbons (Fsp3) is 0.310. The summed E-state index contributed by atoms with van der Waals surface area (Å²) in [6, 6.07) is 12.0. The lowest BCUT2D eigenvalue weighted by Crippen LogP contribution is -2.34. The van der Waals surface area contributed by atoms with E-state index in [1.807, 2.05) is 44.2 Å². The maximum absolute atomic E-state index is 13.9. The number of carbonyl (C=O) groups is 2. The highest BCUT2D eigenvalue weighted by atomic mass is 19.1. The van der Waals surface area contributed by atoms with Crippen LogP contribution in [0.15, 0.2) is 42.5 Å².